The van der Waals surface area contributed by atoms with Crippen LogP contribution in [-0.2, 0) is 0 Å². The normalized spacial score (nSPS) is 19.9. The summed E-state index contributed by atoms with van der Waals surface area (Å²) in [6.45, 7) is 0. The third-order valence-corrected chi connectivity index (χ3v) is 3.86. The van der Waals surface area contributed by atoms with Crippen LogP contribution in [0.3, 0.4) is 0 Å². The van der Waals surface area contributed by atoms with E-state index in [0.29, 0.717) is 11.8 Å². The number of aromatic nitrogens is 2. The van der Waals surface area contributed by atoms with Crippen LogP contribution >= 0.6 is 0 Å². The molecule has 1 aliphatic rings. The van der Waals surface area contributed by atoms with Crippen LogP contribution in [0.4, 0.5) is 0 Å². The van der Waals surface area contributed by atoms with Crippen molar-refractivity contribution in [2.45, 2.75) is 51.0 Å². The van der Waals surface area contributed by atoms with Gasteiger partial charge >= 0.3 is 0 Å². The predicted molar refractivity (Wildman–Crippen MR) is 71.3 cm³/mol. The molecule has 0 bridgehead atoms. The standard InChI is InChI=1S/C14H23N3O/c1-18-14-13(16-9-10-17-14)12(15)11-7-5-3-2-4-6-8-11/h9-12H,2-8,15H2,1H3. The van der Waals surface area contributed by atoms with Gasteiger partial charge in [0.15, 0.2) is 0 Å². The molecule has 0 aliphatic heterocycles. The van der Waals surface area contributed by atoms with E-state index >= 15 is 0 Å². The minimum Gasteiger partial charge on any atom is -0.480 e. The highest BCUT2D eigenvalue weighted by Gasteiger charge is 2.24. The molecule has 1 atom stereocenters. The minimum atomic E-state index is -0.0493. The summed E-state index contributed by atoms with van der Waals surface area (Å²) >= 11 is 0. The van der Waals surface area contributed by atoms with E-state index in [-0.39, 0.29) is 6.04 Å². The second kappa shape index (κ2) is 6.69. The van der Waals surface area contributed by atoms with Gasteiger partial charge in [0.25, 0.3) is 0 Å². The molecule has 1 heterocycles. The van der Waals surface area contributed by atoms with E-state index in [2.05, 4.69) is 9.97 Å². The van der Waals surface area contributed by atoms with Crippen LogP contribution in [0.15, 0.2) is 12.4 Å². The van der Waals surface area contributed by atoms with E-state index < -0.39 is 0 Å². The molecule has 1 aliphatic carbocycles. The van der Waals surface area contributed by atoms with E-state index in [1.807, 2.05) is 0 Å². The molecule has 100 valence electrons. The van der Waals surface area contributed by atoms with Crippen molar-refractivity contribution in [3.05, 3.63) is 18.1 Å². The molecule has 4 nitrogen and oxygen atoms in total. The first-order valence-corrected chi connectivity index (χ1v) is 6.93. The van der Waals surface area contributed by atoms with Gasteiger partial charge in [-0.15, -0.1) is 0 Å². The second-order valence-corrected chi connectivity index (χ2v) is 5.08. The maximum absolute atomic E-state index is 6.38. The van der Waals surface area contributed by atoms with Crippen molar-refractivity contribution in [2.75, 3.05) is 7.11 Å². The van der Waals surface area contributed by atoms with Crippen molar-refractivity contribution < 1.29 is 4.74 Å². The van der Waals surface area contributed by atoms with Crippen molar-refractivity contribution in [1.29, 1.82) is 0 Å². The average Bonchev–Trinajstić information content (AvgIpc) is 2.37. The van der Waals surface area contributed by atoms with E-state index in [4.69, 9.17) is 10.5 Å². The molecule has 0 amide bonds. The van der Waals surface area contributed by atoms with Crippen molar-refractivity contribution in [2.24, 2.45) is 11.7 Å². The zero-order valence-electron chi connectivity index (χ0n) is 11.1. The zero-order chi connectivity index (χ0) is 12.8. The average molecular weight is 249 g/mol. The predicted octanol–water partition coefficient (Wildman–Crippen LogP) is 2.85. The summed E-state index contributed by atoms with van der Waals surface area (Å²) in [5, 5.41) is 0. The van der Waals surface area contributed by atoms with Gasteiger partial charge in [-0.25, -0.2) is 4.98 Å². The Bertz CT molecular complexity index is 362. The molecule has 0 aromatic carbocycles. The van der Waals surface area contributed by atoms with E-state index in [1.165, 1.54) is 44.9 Å². The Hall–Kier alpha value is -1.16. The van der Waals surface area contributed by atoms with Gasteiger partial charge in [0, 0.05) is 12.4 Å². The highest BCUT2D eigenvalue weighted by molar-refractivity contribution is 5.21. The Morgan fingerprint density at radius 3 is 2.39 bits per heavy atom. The van der Waals surface area contributed by atoms with E-state index in [0.717, 1.165) is 5.69 Å². The van der Waals surface area contributed by atoms with E-state index in [1.54, 1.807) is 19.5 Å². The van der Waals surface area contributed by atoms with Gasteiger partial charge in [-0.05, 0) is 18.8 Å². The summed E-state index contributed by atoms with van der Waals surface area (Å²) in [4.78, 5) is 8.56. The summed E-state index contributed by atoms with van der Waals surface area (Å²) in [5.41, 5.74) is 7.19. The quantitative estimate of drug-likeness (QED) is 0.894. The Labute approximate surface area is 109 Å². The summed E-state index contributed by atoms with van der Waals surface area (Å²) in [6.07, 6.45) is 12.3. The third kappa shape index (κ3) is 3.19. The van der Waals surface area contributed by atoms with Crippen LogP contribution in [0.5, 0.6) is 5.88 Å². The zero-order valence-corrected chi connectivity index (χ0v) is 11.1. The maximum Gasteiger partial charge on any atom is 0.236 e. The van der Waals surface area contributed by atoms with Crippen LogP contribution < -0.4 is 10.5 Å². The van der Waals surface area contributed by atoms with Gasteiger partial charge in [0.05, 0.1) is 13.2 Å². The van der Waals surface area contributed by atoms with Gasteiger partial charge in [0.1, 0.15) is 5.69 Å². The lowest BCUT2D eigenvalue weighted by atomic mass is 9.85. The van der Waals surface area contributed by atoms with Crippen LogP contribution in [0.2, 0.25) is 0 Å². The minimum absolute atomic E-state index is 0.0493. The third-order valence-electron chi connectivity index (χ3n) is 3.86. The summed E-state index contributed by atoms with van der Waals surface area (Å²) in [7, 11) is 1.62. The fourth-order valence-electron chi connectivity index (χ4n) is 2.79. The van der Waals surface area contributed by atoms with Crippen molar-refractivity contribution in [3.63, 3.8) is 0 Å². The monoisotopic (exact) mass is 249 g/mol. The van der Waals surface area contributed by atoms with Crippen molar-refractivity contribution >= 4 is 0 Å². The first-order chi connectivity index (χ1) is 8.83. The van der Waals surface area contributed by atoms with Crippen LogP contribution in [-0.4, -0.2) is 17.1 Å². The number of nitrogens with zero attached hydrogens (tertiary/aromatic N) is 2. The molecular weight excluding hydrogens is 226 g/mol. The summed E-state index contributed by atoms with van der Waals surface area (Å²) in [5.74, 6) is 1.09. The molecule has 1 unspecified atom stereocenters. The van der Waals surface area contributed by atoms with Crippen LogP contribution in [0.25, 0.3) is 0 Å². The Kier molecular flexibility index (Phi) is 4.93. The number of ether oxygens (including phenoxy) is 1. The van der Waals surface area contributed by atoms with Gasteiger partial charge in [-0.2, -0.15) is 0 Å². The number of nitrogens with two attached hydrogens (primary N) is 1. The van der Waals surface area contributed by atoms with Crippen LogP contribution in [0.1, 0.15) is 56.7 Å². The maximum atomic E-state index is 6.38. The van der Waals surface area contributed by atoms with Crippen molar-refractivity contribution in [1.82, 2.24) is 9.97 Å². The van der Waals surface area contributed by atoms with Gasteiger partial charge in [-0.1, -0.05) is 32.1 Å². The fourth-order valence-corrected chi connectivity index (χ4v) is 2.79. The molecule has 0 radical (unpaired) electrons. The lowest BCUT2D eigenvalue weighted by molar-refractivity contribution is 0.310. The topological polar surface area (TPSA) is 61.0 Å². The van der Waals surface area contributed by atoms with Crippen LogP contribution in [0, 0.1) is 5.92 Å². The Morgan fingerprint density at radius 1 is 1.11 bits per heavy atom. The molecule has 1 aromatic heterocycles. The Balaban J connectivity index is 2.10. The molecule has 1 saturated carbocycles. The molecule has 4 heteroatoms. The Morgan fingerprint density at radius 2 is 1.72 bits per heavy atom. The first-order valence-electron chi connectivity index (χ1n) is 6.93. The number of hydrogen-bond donors (Lipinski definition) is 1. The largest absolute Gasteiger partial charge is 0.480 e. The van der Waals surface area contributed by atoms with Crippen molar-refractivity contribution in [3.8, 4) is 5.88 Å². The molecule has 2 N–H and O–H groups in total. The fraction of sp³-hybridized carbons (Fsp3) is 0.714. The lowest BCUT2D eigenvalue weighted by Gasteiger charge is -2.25. The SMILES string of the molecule is COc1nccnc1C(N)C1CCCCCCC1. The molecule has 18 heavy (non-hydrogen) atoms. The molecule has 0 saturated heterocycles. The molecular formula is C14H23N3O. The number of methoxy groups -OCH3 is 1. The van der Waals surface area contributed by atoms with Gasteiger partial charge in [-0.3, -0.25) is 4.98 Å². The molecule has 0 spiro atoms. The summed E-state index contributed by atoms with van der Waals surface area (Å²) in [6, 6.07) is -0.0493. The second-order valence-electron chi connectivity index (χ2n) is 5.08. The molecule has 1 fully saturated rings. The number of hydrogen-bond acceptors (Lipinski definition) is 4. The van der Waals surface area contributed by atoms with E-state index in [9.17, 15) is 0 Å². The lowest BCUT2D eigenvalue weighted by Crippen LogP contribution is -2.24. The number of rotatable bonds is 3. The van der Waals surface area contributed by atoms with Gasteiger partial charge in [0.2, 0.25) is 5.88 Å². The molecule has 2 rings (SSSR count). The highest BCUT2D eigenvalue weighted by Crippen LogP contribution is 2.33. The van der Waals surface area contributed by atoms with Gasteiger partial charge < -0.3 is 10.5 Å². The summed E-state index contributed by atoms with van der Waals surface area (Å²) < 4.78 is 5.26. The first kappa shape index (κ1) is 13.3. The smallest absolute Gasteiger partial charge is 0.236 e. The molecule has 1 aromatic rings. The highest BCUT2D eigenvalue weighted by atomic mass is 16.5.